The Hall–Kier alpha value is -0.440. The van der Waals surface area contributed by atoms with Gasteiger partial charge in [0.15, 0.2) is 6.10 Å². The van der Waals surface area contributed by atoms with Crippen LogP contribution in [0.4, 0.5) is 0 Å². The third kappa shape index (κ3) is 7.48. The summed E-state index contributed by atoms with van der Waals surface area (Å²) in [5.74, 6) is -1.95. The first kappa shape index (κ1) is 14.6. The molecule has 0 unspecified atom stereocenters. The van der Waals surface area contributed by atoms with Gasteiger partial charge in [0.1, 0.15) is 6.04 Å². The van der Waals surface area contributed by atoms with Gasteiger partial charge in [0.05, 0.1) is 0 Å². The first-order valence-electron chi connectivity index (χ1n) is 4.00. The normalized spacial score (nSPS) is 14.5. The van der Waals surface area contributed by atoms with Crippen LogP contribution in [0.25, 0.3) is 0 Å². The highest BCUT2D eigenvalue weighted by atomic mass is 32.2. The Balaban J connectivity index is 3.40. The number of thioether (sulfide) groups is 2. The van der Waals surface area contributed by atoms with Gasteiger partial charge in [-0.3, -0.25) is 4.79 Å². The number of nitrogens with two attached hydrogens (primary N) is 1. The Bertz CT molecular complexity index is 203. The molecule has 0 heterocycles. The lowest BCUT2D eigenvalue weighted by atomic mass is 10.4. The summed E-state index contributed by atoms with van der Waals surface area (Å²) in [7, 11) is 0. The number of carbonyl (C=O) groups is 2. The molecule has 5 N–H and O–H groups in total. The maximum atomic E-state index is 10.3. The lowest BCUT2D eigenvalue weighted by Crippen LogP contribution is -2.32. The van der Waals surface area contributed by atoms with Crippen LogP contribution in [0.3, 0.4) is 0 Å². The van der Waals surface area contributed by atoms with Crippen molar-refractivity contribution >= 4 is 35.5 Å². The number of aliphatic carboxylic acids is 2. The summed E-state index contributed by atoms with van der Waals surface area (Å²) in [6.07, 6.45) is -1.37. The third-order valence-corrected chi connectivity index (χ3v) is 3.82. The monoisotopic (exact) mass is 255 g/mol. The average Bonchev–Trinajstić information content (AvgIpc) is 2.16. The topological polar surface area (TPSA) is 121 Å². The van der Waals surface area contributed by atoms with E-state index < -0.39 is 24.1 Å². The van der Waals surface area contributed by atoms with E-state index in [2.05, 4.69) is 0 Å². The number of hydrogen-bond acceptors (Lipinski definition) is 6. The summed E-state index contributed by atoms with van der Waals surface area (Å²) in [5, 5.41) is 26.1. The molecule has 0 aliphatic carbocycles. The van der Waals surface area contributed by atoms with Crippen molar-refractivity contribution in [2.45, 2.75) is 12.1 Å². The molecule has 6 nitrogen and oxygen atoms in total. The zero-order valence-corrected chi connectivity index (χ0v) is 9.46. The quantitative estimate of drug-likeness (QED) is 0.331. The Kier molecular flexibility index (Phi) is 7.57. The molecule has 0 aliphatic heterocycles. The van der Waals surface area contributed by atoms with Crippen LogP contribution in [0.2, 0.25) is 0 Å². The fourth-order valence-corrected chi connectivity index (χ4v) is 2.54. The summed E-state index contributed by atoms with van der Waals surface area (Å²) in [5.41, 5.74) is 5.23. The Morgan fingerprint density at radius 3 is 2.13 bits per heavy atom. The van der Waals surface area contributed by atoms with E-state index in [1.165, 1.54) is 23.5 Å². The highest BCUT2D eigenvalue weighted by Crippen LogP contribution is 2.13. The summed E-state index contributed by atoms with van der Waals surface area (Å²) in [4.78, 5) is 20.5. The third-order valence-electron chi connectivity index (χ3n) is 1.34. The standard InChI is InChI=1S/C7H13NO5S2/c8-4(6(10)11)1-14-3-15-2-5(9)7(12)13/h4-5,9H,1-3,8H2,(H,10,11)(H,12,13)/t4-,5-/m0/s1. The summed E-state index contributed by atoms with van der Waals surface area (Å²) in [6, 6.07) is -0.903. The van der Waals surface area contributed by atoms with Gasteiger partial charge in [-0.05, 0) is 0 Å². The van der Waals surface area contributed by atoms with Gasteiger partial charge in [0.2, 0.25) is 0 Å². The second-order valence-electron chi connectivity index (χ2n) is 2.66. The summed E-state index contributed by atoms with van der Waals surface area (Å²) in [6.45, 7) is 0. The van der Waals surface area contributed by atoms with Crippen LogP contribution in [0.1, 0.15) is 0 Å². The van der Waals surface area contributed by atoms with E-state index in [1.807, 2.05) is 0 Å². The molecular weight excluding hydrogens is 242 g/mol. The van der Waals surface area contributed by atoms with E-state index in [-0.39, 0.29) is 11.5 Å². The lowest BCUT2D eigenvalue weighted by Gasteiger charge is -2.06. The molecule has 0 radical (unpaired) electrons. The van der Waals surface area contributed by atoms with Gasteiger partial charge in [-0.2, -0.15) is 0 Å². The second kappa shape index (κ2) is 7.80. The molecule has 8 heteroatoms. The van der Waals surface area contributed by atoms with Crippen LogP contribution in [0.5, 0.6) is 0 Å². The molecule has 0 aliphatic rings. The second-order valence-corrected chi connectivity index (χ2v) is 5.08. The van der Waals surface area contributed by atoms with Crippen LogP contribution in [0, 0.1) is 0 Å². The molecule has 0 aromatic heterocycles. The molecule has 0 bridgehead atoms. The first-order valence-corrected chi connectivity index (χ1v) is 6.30. The number of aliphatic hydroxyl groups is 1. The molecule has 88 valence electrons. The number of carboxylic acids is 2. The van der Waals surface area contributed by atoms with Crippen LogP contribution in [0.15, 0.2) is 0 Å². The van der Waals surface area contributed by atoms with Crippen molar-refractivity contribution in [3.05, 3.63) is 0 Å². The van der Waals surface area contributed by atoms with Crippen molar-refractivity contribution < 1.29 is 24.9 Å². The molecule has 0 saturated carbocycles. The maximum Gasteiger partial charge on any atom is 0.333 e. The van der Waals surface area contributed by atoms with E-state index >= 15 is 0 Å². The van der Waals surface area contributed by atoms with E-state index in [9.17, 15) is 9.59 Å². The average molecular weight is 255 g/mol. The van der Waals surface area contributed by atoms with Crippen LogP contribution in [-0.2, 0) is 9.59 Å². The summed E-state index contributed by atoms with van der Waals surface area (Å²) < 4.78 is 0. The molecule has 0 spiro atoms. The van der Waals surface area contributed by atoms with Gasteiger partial charge in [-0.25, -0.2) is 4.79 Å². The van der Waals surface area contributed by atoms with Gasteiger partial charge in [0, 0.05) is 16.6 Å². The van der Waals surface area contributed by atoms with Crippen molar-refractivity contribution in [2.24, 2.45) is 5.73 Å². The van der Waals surface area contributed by atoms with Crippen molar-refractivity contribution in [3.63, 3.8) is 0 Å². The van der Waals surface area contributed by atoms with Crippen LogP contribution >= 0.6 is 23.5 Å². The number of hydrogen-bond donors (Lipinski definition) is 4. The highest BCUT2D eigenvalue weighted by molar-refractivity contribution is 8.16. The Labute approximate surface area is 95.2 Å². The SMILES string of the molecule is N[C@@H](CSCSC[C@H](O)C(=O)O)C(=O)O. The van der Waals surface area contributed by atoms with Crippen molar-refractivity contribution in [2.75, 3.05) is 16.6 Å². The molecule has 15 heavy (non-hydrogen) atoms. The van der Waals surface area contributed by atoms with Crippen molar-refractivity contribution in [1.82, 2.24) is 0 Å². The van der Waals surface area contributed by atoms with Crippen LogP contribution in [-0.4, -0.2) is 56.0 Å². The zero-order chi connectivity index (χ0) is 11.8. The number of carboxylic acid groups (broad SMARTS) is 2. The van der Waals surface area contributed by atoms with Gasteiger partial charge >= 0.3 is 11.9 Å². The molecule has 0 saturated heterocycles. The van der Waals surface area contributed by atoms with Crippen molar-refractivity contribution in [3.8, 4) is 0 Å². The van der Waals surface area contributed by atoms with Crippen LogP contribution < -0.4 is 5.73 Å². The molecule has 0 aromatic rings. The van der Waals surface area contributed by atoms with Gasteiger partial charge in [-0.15, -0.1) is 23.5 Å². The minimum Gasteiger partial charge on any atom is -0.480 e. The Morgan fingerprint density at radius 1 is 1.13 bits per heavy atom. The molecule has 2 atom stereocenters. The largest absolute Gasteiger partial charge is 0.480 e. The van der Waals surface area contributed by atoms with E-state index in [0.717, 1.165) is 0 Å². The molecule has 0 rings (SSSR count). The molecular formula is C7H13NO5S2. The van der Waals surface area contributed by atoms with Gasteiger partial charge in [-0.1, -0.05) is 0 Å². The van der Waals surface area contributed by atoms with Gasteiger partial charge in [0.25, 0.3) is 0 Å². The Morgan fingerprint density at radius 2 is 1.67 bits per heavy atom. The number of aliphatic hydroxyl groups excluding tert-OH is 1. The molecule has 0 fully saturated rings. The van der Waals surface area contributed by atoms with E-state index in [1.54, 1.807) is 0 Å². The fourth-order valence-electron chi connectivity index (χ4n) is 0.536. The van der Waals surface area contributed by atoms with E-state index in [0.29, 0.717) is 5.08 Å². The predicted molar refractivity (Wildman–Crippen MR) is 59.0 cm³/mol. The highest BCUT2D eigenvalue weighted by Gasteiger charge is 2.13. The summed E-state index contributed by atoms with van der Waals surface area (Å²) >= 11 is 2.52. The smallest absolute Gasteiger partial charge is 0.333 e. The maximum absolute atomic E-state index is 10.3. The number of rotatable bonds is 8. The zero-order valence-electron chi connectivity index (χ0n) is 7.83. The first-order chi connectivity index (χ1) is 6.95. The minimum absolute atomic E-state index is 0.0879. The minimum atomic E-state index is -1.37. The van der Waals surface area contributed by atoms with E-state index in [4.69, 9.17) is 21.1 Å². The molecule has 0 amide bonds. The van der Waals surface area contributed by atoms with Crippen molar-refractivity contribution in [1.29, 1.82) is 0 Å². The lowest BCUT2D eigenvalue weighted by molar-refractivity contribution is -0.145. The van der Waals surface area contributed by atoms with Gasteiger partial charge < -0.3 is 21.1 Å². The molecule has 0 aromatic carbocycles. The fraction of sp³-hybridized carbons (Fsp3) is 0.714. The predicted octanol–water partition coefficient (Wildman–Crippen LogP) is -0.732.